The van der Waals surface area contributed by atoms with Gasteiger partial charge in [0.2, 0.25) is 0 Å². The summed E-state index contributed by atoms with van der Waals surface area (Å²) in [6.07, 6.45) is 19.1. The van der Waals surface area contributed by atoms with Crippen molar-refractivity contribution < 1.29 is 0 Å². The van der Waals surface area contributed by atoms with Crippen molar-refractivity contribution in [3.05, 3.63) is 136 Å². The lowest BCUT2D eigenvalue weighted by Crippen LogP contribution is -2.44. The summed E-state index contributed by atoms with van der Waals surface area (Å²) in [6, 6.07) is 19.9. The number of hydrogen-bond acceptors (Lipinski definition) is 9. The number of imidazole rings is 2. The van der Waals surface area contributed by atoms with Crippen LogP contribution >= 0.6 is 0 Å². The van der Waals surface area contributed by atoms with Crippen LogP contribution in [0.25, 0.3) is 45.1 Å². The van der Waals surface area contributed by atoms with Crippen molar-refractivity contribution in [1.82, 2.24) is 47.8 Å². The molecule has 8 aromatic heterocycles. The first-order valence-corrected chi connectivity index (χ1v) is 21.0. The summed E-state index contributed by atoms with van der Waals surface area (Å²) in [7, 11) is 0. The van der Waals surface area contributed by atoms with Gasteiger partial charge in [-0.1, -0.05) is 6.07 Å². The molecule has 13 heteroatoms. The van der Waals surface area contributed by atoms with E-state index in [9.17, 15) is 9.59 Å². The molecule has 300 valence electrons. The Morgan fingerprint density at radius 1 is 0.559 bits per heavy atom. The molecule has 11 heterocycles. The second-order valence-corrected chi connectivity index (χ2v) is 16.4. The molecule has 0 radical (unpaired) electrons. The largest absolute Gasteiger partial charge is 0.370 e. The van der Waals surface area contributed by atoms with E-state index in [1.54, 1.807) is 20.9 Å². The van der Waals surface area contributed by atoms with Crippen LogP contribution in [0.15, 0.2) is 107 Å². The van der Waals surface area contributed by atoms with Crippen LogP contribution in [0.1, 0.15) is 61.4 Å². The summed E-state index contributed by atoms with van der Waals surface area (Å²) in [5.74, 6) is 0.508. The maximum atomic E-state index is 13.0. The van der Waals surface area contributed by atoms with Gasteiger partial charge in [-0.15, -0.1) is 0 Å². The molecule has 1 N–H and O–H groups in total. The Labute approximate surface area is 341 Å². The molecule has 0 spiro atoms. The molecule has 0 aromatic carbocycles. The third-order valence-electron chi connectivity index (χ3n) is 12.4. The van der Waals surface area contributed by atoms with Crippen molar-refractivity contribution in [3.8, 4) is 22.5 Å². The molecule has 3 fully saturated rings. The lowest BCUT2D eigenvalue weighted by molar-refractivity contribution is 0.208. The zero-order valence-electron chi connectivity index (χ0n) is 33.7. The topological polar surface area (TPSA) is 122 Å². The van der Waals surface area contributed by atoms with Gasteiger partial charge in [-0.3, -0.25) is 18.4 Å². The van der Waals surface area contributed by atoms with E-state index < -0.39 is 0 Å². The van der Waals surface area contributed by atoms with E-state index in [4.69, 9.17) is 9.97 Å². The van der Waals surface area contributed by atoms with Gasteiger partial charge < -0.3 is 23.9 Å². The Balaban J connectivity index is 0.000000145. The summed E-state index contributed by atoms with van der Waals surface area (Å²) in [4.78, 5) is 49.2. The number of rotatable bonds is 5. The van der Waals surface area contributed by atoms with E-state index in [1.165, 1.54) is 44.3 Å². The predicted octanol–water partition coefficient (Wildman–Crippen LogP) is 6.17. The number of nitrogens with one attached hydrogen (secondary N) is 1. The highest BCUT2D eigenvalue weighted by molar-refractivity contribution is 5.65. The first-order valence-electron chi connectivity index (χ1n) is 21.0. The molecule has 3 saturated heterocycles. The van der Waals surface area contributed by atoms with E-state index in [-0.39, 0.29) is 11.1 Å². The van der Waals surface area contributed by atoms with Gasteiger partial charge in [0.25, 0.3) is 11.1 Å². The van der Waals surface area contributed by atoms with Crippen LogP contribution in [0.2, 0.25) is 0 Å². The van der Waals surface area contributed by atoms with Gasteiger partial charge in [-0.25, -0.2) is 19.9 Å². The molecule has 59 heavy (non-hydrogen) atoms. The Hall–Kier alpha value is -6.18. The van der Waals surface area contributed by atoms with Crippen molar-refractivity contribution >= 4 is 28.3 Å². The van der Waals surface area contributed by atoms with E-state index in [2.05, 4.69) is 37.2 Å². The summed E-state index contributed by atoms with van der Waals surface area (Å²) in [5.41, 5.74) is 10.4. The first-order chi connectivity index (χ1) is 28.8. The number of piperidine rings is 2. The third kappa shape index (κ3) is 7.52. The number of aromatic nitrogens is 8. The smallest absolute Gasteiger partial charge is 0.258 e. The average Bonchev–Trinajstić information content (AvgIpc) is 4.03. The minimum absolute atomic E-state index is 0.0484. The van der Waals surface area contributed by atoms with Gasteiger partial charge in [0.1, 0.15) is 22.6 Å². The molecule has 0 unspecified atom stereocenters. The Morgan fingerprint density at radius 3 is 1.69 bits per heavy atom. The third-order valence-corrected chi connectivity index (χ3v) is 12.4. The number of pyridine rings is 4. The van der Waals surface area contributed by atoms with Crippen molar-refractivity contribution in [2.45, 2.75) is 64.3 Å². The first kappa shape index (κ1) is 37.1. The number of hydrogen-bond donors (Lipinski definition) is 1. The van der Waals surface area contributed by atoms with Crippen LogP contribution in [0.4, 0.5) is 5.69 Å². The zero-order valence-corrected chi connectivity index (χ0v) is 33.7. The van der Waals surface area contributed by atoms with Gasteiger partial charge in [0.05, 0.1) is 28.5 Å². The number of nitrogens with zero attached hydrogens (tertiary/aromatic N) is 10. The predicted molar refractivity (Wildman–Crippen MR) is 232 cm³/mol. The van der Waals surface area contributed by atoms with Crippen LogP contribution in [0.5, 0.6) is 0 Å². The maximum absolute atomic E-state index is 13.0. The normalized spacial score (nSPS) is 17.0. The van der Waals surface area contributed by atoms with Gasteiger partial charge in [-0.2, -0.15) is 0 Å². The van der Waals surface area contributed by atoms with E-state index in [0.29, 0.717) is 28.6 Å². The van der Waals surface area contributed by atoms with Crippen LogP contribution in [-0.2, 0) is 0 Å². The summed E-state index contributed by atoms with van der Waals surface area (Å²) < 4.78 is 7.28. The molecule has 0 saturated carbocycles. The second-order valence-electron chi connectivity index (χ2n) is 16.4. The molecule has 3 aliphatic rings. The van der Waals surface area contributed by atoms with Crippen molar-refractivity contribution in [2.24, 2.45) is 0 Å². The molecule has 0 atom stereocenters. The Kier molecular flexibility index (Phi) is 9.77. The highest BCUT2D eigenvalue weighted by Crippen LogP contribution is 2.27. The molecule has 3 aliphatic heterocycles. The fourth-order valence-electron chi connectivity index (χ4n) is 9.23. The van der Waals surface area contributed by atoms with Crippen molar-refractivity contribution in [2.75, 3.05) is 44.2 Å². The van der Waals surface area contributed by atoms with Crippen LogP contribution in [-0.4, -0.2) is 87.7 Å². The Bertz CT molecular complexity index is 2940. The second kappa shape index (κ2) is 15.5. The number of likely N-dealkylation sites (tertiary alicyclic amines) is 1. The molecule has 13 nitrogen and oxygen atoms in total. The molecule has 0 bridgehead atoms. The number of aryl methyl sites for hydroxylation is 2. The van der Waals surface area contributed by atoms with Gasteiger partial charge in [0.15, 0.2) is 0 Å². The molecule has 0 amide bonds. The summed E-state index contributed by atoms with van der Waals surface area (Å²) in [5, 5.41) is 3.39. The molecular weight excluding hydrogens is 739 g/mol. The fraction of sp³-hybridized carbons (Fsp3) is 0.348. The van der Waals surface area contributed by atoms with Crippen LogP contribution < -0.4 is 21.3 Å². The van der Waals surface area contributed by atoms with Gasteiger partial charge >= 0.3 is 0 Å². The zero-order chi connectivity index (χ0) is 40.0. The number of fused-ring (bicyclic) bond motifs is 4. The fourth-order valence-corrected chi connectivity index (χ4v) is 9.23. The van der Waals surface area contributed by atoms with E-state index in [1.807, 2.05) is 96.2 Å². The number of anilines is 1. The molecular formula is C46H49N11O2. The van der Waals surface area contributed by atoms with Crippen molar-refractivity contribution in [1.29, 1.82) is 0 Å². The highest BCUT2D eigenvalue weighted by atomic mass is 16.1. The average molecular weight is 788 g/mol. The quantitative estimate of drug-likeness (QED) is 0.219. The van der Waals surface area contributed by atoms with Gasteiger partial charge in [0, 0.05) is 79.6 Å². The van der Waals surface area contributed by atoms with Gasteiger partial charge in [-0.05, 0) is 132 Å². The van der Waals surface area contributed by atoms with E-state index in [0.717, 1.165) is 84.6 Å². The van der Waals surface area contributed by atoms with Crippen molar-refractivity contribution in [3.63, 3.8) is 0 Å². The van der Waals surface area contributed by atoms with E-state index >= 15 is 0 Å². The maximum Gasteiger partial charge on any atom is 0.258 e. The minimum Gasteiger partial charge on any atom is -0.370 e. The highest BCUT2D eigenvalue weighted by Gasteiger charge is 2.27. The summed E-state index contributed by atoms with van der Waals surface area (Å²) in [6.45, 7) is 10.6. The SMILES string of the molecule is Cc1cn2cc(-c3cc(=O)n4cc(C5CCNCC5)ccc4n3)ccc2n1.Cc1cn2cc(-c3cc(=O)n4cc(N5CCC(N6CCCC6)CC5)ccc4n3)ccc2n1. The van der Waals surface area contributed by atoms with Crippen LogP contribution in [0.3, 0.4) is 0 Å². The molecule has 11 rings (SSSR count). The molecule has 8 aromatic rings. The minimum atomic E-state index is -0.0549. The molecule has 0 aliphatic carbocycles. The standard InChI is InChI=1S/C25H28N6O.C21H21N5O/c1-18-15-30-16-19(4-6-23(30)26-18)22-14-25(32)31-17-21(5-7-24(31)27-22)29-12-8-20(9-13-29)28-10-2-3-11-28;1-14-11-25-12-17(3-4-19(25)23-14)18-10-21(27)26-13-16(2-5-20(26)24-18)15-6-8-22-9-7-15/h4-7,14-17,20H,2-3,8-13H2,1H3;2-5,10-13,15,22H,6-9H2,1H3. The summed E-state index contributed by atoms with van der Waals surface area (Å²) >= 11 is 0. The van der Waals surface area contributed by atoms with Crippen LogP contribution in [0, 0.1) is 13.8 Å². The Morgan fingerprint density at radius 2 is 1.10 bits per heavy atom. The lowest BCUT2D eigenvalue weighted by atomic mass is 9.91. The lowest BCUT2D eigenvalue weighted by Gasteiger charge is -2.37. The monoisotopic (exact) mass is 787 g/mol.